The third-order valence-corrected chi connectivity index (χ3v) is 4.23. The molecule has 2 heterocycles. The summed E-state index contributed by atoms with van der Waals surface area (Å²) in [4.78, 5) is 16.2. The Morgan fingerprint density at radius 2 is 1.85 bits per heavy atom. The summed E-state index contributed by atoms with van der Waals surface area (Å²) in [5.74, 6) is 0.479. The third kappa shape index (κ3) is 3.32. The molecule has 1 aliphatic rings. The largest absolute Gasteiger partial charge is 0.485 e. The van der Waals surface area contributed by atoms with Gasteiger partial charge in [-0.25, -0.2) is 5.43 Å². The number of carbonyl (C=O) groups excluding carboxylic acids is 1. The van der Waals surface area contributed by atoms with Crippen LogP contribution in [0.5, 0.6) is 5.75 Å². The van der Waals surface area contributed by atoms with Gasteiger partial charge in [0.1, 0.15) is 11.9 Å². The maximum absolute atomic E-state index is 12.3. The van der Waals surface area contributed by atoms with E-state index >= 15 is 0 Å². The third-order valence-electron chi connectivity index (χ3n) is 4.23. The molecule has 0 unspecified atom stereocenters. The van der Waals surface area contributed by atoms with Crippen molar-refractivity contribution in [2.45, 2.75) is 12.5 Å². The number of benzene rings is 2. The van der Waals surface area contributed by atoms with E-state index in [1.165, 1.54) is 6.20 Å². The van der Waals surface area contributed by atoms with E-state index < -0.39 is 0 Å². The first-order valence-corrected chi connectivity index (χ1v) is 8.39. The second-order valence-corrected chi connectivity index (χ2v) is 5.96. The van der Waals surface area contributed by atoms with Crippen LogP contribution < -0.4 is 10.2 Å². The number of pyridine rings is 1. The van der Waals surface area contributed by atoms with Crippen molar-refractivity contribution in [1.82, 2.24) is 10.4 Å². The van der Waals surface area contributed by atoms with Crippen molar-refractivity contribution in [3.8, 4) is 5.75 Å². The molecule has 0 spiro atoms. The lowest BCUT2D eigenvalue weighted by Gasteiger charge is -2.27. The van der Waals surface area contributed by atoms with E-state index in [0.717, 1.165) is 22.6 Å². The predicted molar refractivity (Wildman–Crippen MR) is 99.1 cm³/mol. The predicted octanol–water partition coefficient (Wildman–Crippen LogP) is 3.74. The lowest BCUT2D eigenvalue weighted by atomic mass is 9.96. The number of hydrazone groups is 1. The van der Waals surface area contributed by atoms with Crippen LogP contribution in [0.4, 0.5) is 0 Å². The first-order valence-electron chi connectivity index (χ1n) is 8.39. The van der Waals surface area contributed by atoms with Crippen LogP contribution in [0.25, 0.3) is 0 Å². The maximum Gasteiger partial charge on any atom is 0.272 e. The molecule has 0 saturated carbocycles. The molecule has 0 radical (unpaired) electrons. The Balaban J connectivity index is 1.62. The number of ether oxygens (including phenoxy) is 1. The molecular weight excluding hydrogens is 326 g/mol. The molecule has 128 valence electrons. The molecule has 0 aliphatic carbocycles. The fourth-order valence-electron chi connectivity index (χ4n) is 2.93. The number of para-hydroxylation sites is 1. The maximum atomic E-state index is 12.3. The highest BCUT2D eigenvalue weighted by Crippen LogP contribution is 2.34. The average Bonchev–Trinajstić information content (AvgIpc) is 2.73. The zero-order valence-corrected chi connectivity index (χ0v) is 14.0. The van der Waals surface area contributed by atoms with E-state index in [-0.39, 0.29) is 12.0 Å². The molecule has 1 atom stereocenters. The van der Waals surface area contributed by atoms with Gasteiger partial charge in [0.25, 0.3) is 5.91 Å². The molecule has 1 N–H and O–H groups in total. The quantitative estimate of drug-likeness (QED) is 0.737. The molecule has 0 bridgehead atoms. The number of hydrogen-bond acceptors (Lipinski definition) is 4. The number of nitrogens with one attached hydrogen (secondary N) is 1. The normalized spacial score (nSPS) is 17.2. The van der Waals surface area contributed by atoms with Gasteiger partial charge in [0.05, 0.1) is 11.3 Å². The van der Waals surface area contributed by atoms with Crippen LogP contribution >= 0.6 is 0 Å². The summed E-state index contributed by atoms with van der Waals surface area (Å²) in [5, 5.41) is 4.39. The Hall–Kier alpha value is -3.47. The van der Waals surface area contributed by atoms with Gasteiger partial charge in [0, 0.05) is 24.4 Å². The number of nitrogens with zero attached hydrogens (tertiary/aromatic N) is 2. The minimum absolute atomic E-state index is 0.139. The molecule has 1 aliphatic heterocycles. The van der Waals surface area contributed by atoms with E-state index in [4.69, 9.17) is 4.74 Å². The van der Waals surface area contributed by atoms with Crippen molar-refractivity contribution in [1.29, 1.82) is 0 Å². The van der Waals surface area contributed by atoms with Crippen molar-refractivity contribution in [2.24, 2.45) is 5.10 Å². The van der Waals surface area contributed by atoms with E-state index in [1.54, 1.807) is 18.3 Å². The second-order valence-electron chi connectivity index (χ2n) is 5.96. The second kappa shape index (κ2) is 7.19. The Labute approximate surface area is 151 Å². The molecule has 0 saturated heterocycles. The lowest BCUT2D eigenvalue weighted by Crippen LogP contribution is -2.25. The first kappa shape index (κ1) is 16.0. The molecule has 0 fully saturated rings. The van der Waals surface area contributed by atoms with Crippen LogP contribution in [0.2, 0.25) is 0 Å². The van der Waals surface area contributed by atoms with E-state index in [0.29, 0.717) is 12.0 Å². The molecule has 5 heteroatoms. The van der Waals surface area contributed by atoms with Crippen LogP contribution in [0, 0.1) is 0 Å². The molecule has 26 heavy (non-hydrogen) atoms. The number of aromatic nitrogens is 1. The van der Waals surface area contributed by atoms with Crippen molar-refractivity contribution in [2.75, 3.05) is 0 Å². The van der Waals surface area contributed by atoms with Crippen LogP contribution in [-0.2, 0) is 0 Å². The van der Waals surface area contributed by atoms with Gasteiger partial charge in [-0.05, 0) is 29.8 Å². The van der Waals surface area contributed by atoms with Gasteiger partial charge < -0.3 is 4.74 Å². The summed E-state index contributed by atoms with van der Waals surface area (Å²) in [5.41, 5.74) is 5.87. The Morgan fingerprint density at radius 3 is 2.65 bits per heavy atom. The fourth-order valence-corrected chi connectivity index (χ4v) is 2.93. The average molecular weight is 343 g/mol. The SMILES string of the molecule is O=C(N/N=C1/C[C@H](c2ccccc2)Oc2ccccc21)c1cccnc1. The smallest absolute Gasteiger partial charge is 0.272 e. The van der Waals surface area contributed by atoms with Gasteiger partial charge in [-0.15, -0.1) is 0 Å². The molecule has 2 aromatic carbocycles. The minimum Gasteiger partial charge on any atom is -0.485 e. The number of rotatable bonds is 3. The Kier molecular flexibility index (Phi) is 4.43. The summed E-state index contributed by atoms with van der Waals surface area (Å²) in [6.07, 6.45) is 3.58. The van der Waals surface area contributed by atoms with E-state index in [1.807, 2.05) is 54.6 Å². The molecule has 1 amide bonds. The van der Waals surface area contributed by atoms with E-state index in [2.05, 4.69) is 15.5 Å². The fraction of sp³-hybridized carbons (Fsp3) is 0.0952. The van der Waals surface area contributed by atoms with Crippen molar-refractivity contribution in [3.63, 3.8) is 0 Å². The monoisotopic (exact) mass is 343 g/mol. The number of hydrogen-bond donors (Lipinski definition) is 1. The van der Waals surface area contributed by atoms with Gasteiger partial charge in [-0.1, -0.05) is 42.5 Å². The highest BCUT2D eigenvalue weighted by Gasteiger charge is 2.26. The minimum atomic E-state index is -0.286. The Morgan fingerprint density at radius 1 is 1.04 bits per heavy atom. The molecule has 4 rings (SSSR count). The van der Waals surface area contributed by atoms with Crippen LogP contribution in [-0.4, -0.2) is 16.6 Å². The van der Waals surface area contributed by atoms with Gasteiger partial charge in [0.15, 0.2) is 0 Å². The molecule has 3 aromatic rings. The Bertz CT molecular complexity index is 940. The van der Waals surface area contributed by atoms with Crippen molar-refractivity contribution in [3.05, 3.63) is 95.8 Å². The highest BCUT2D eigenvalue weighted by molar-refractivity contribution is 6.05. The standard InChI is InChI=1S/C21H17N3O2/c25-21(16-9-6-12-22-14-16)24-23-18-13-20(15-7-2-1-3-8-15)26-19-11-5-4-10-17(18)19/h1-12,14,20H,13H2,(H,24,25)/b23-18-/t20-/m1/s1. The van der Waals surface area contributed by atoms with Crippen LogP contribution in [0.1, 0.15) is 34.0 Å². The zero-order chi connectivity index (χ0) is 17.8. The van der Waals surface area contributed by atoms with Crippen LogP contribution in [0.15, 0.2) is 84.2 Å². The first-order chi connectivity index (χ1) is 12.8. The molecular formula is C21H17N3O2. The zero-order valence-electron chi connectivity index (χ0n) is 14.0. The lowest BCUT2D eigenvalue weighted by molar-refractivity contribution is 0.0954. The summed E-state index contributed by atoms with van der Waals surface area (Å²) in [6.45, 7) is 0. The van der Waals surface area contributed by atoms with Gasteiger partial charge in [-0.3, -0.25) is 9.78 Å². The molecule has 5 nitrogen and oxygen atoms in total. The van der Waals surface area contributed by atoms with Crippen molar-refractivity contribution >= 4 is 11.6 Å². The summed E-state index contributed by atoms with van der Waals surface area (Å²) in [7, 11) is 0. The van der Waals surface area contributed by atoms with Gasteiger partial charge >= 0.3 is 0 Å². The van der Waals surface area contributed by atoms with Crippen LogP contribution in [0.3, 0.4) is 0 Å². The van der Waals surface area contributed by atoms with Gasteiger partial charge in [-0.2, -0.15) is 5.10 Å². The summed E-state index contributed by atoms with van der Waals surface area (Å²) >= 11 is 0. The summed E-state index contributed by atoms with van der Waals surface area (Å²) in [6, 6.07) is 21.2. The molecule has 1 aromatic heterocycles. The number of carbonyl (C=O) groups is 1. The van der Waals surface area contributed by atoms with Gasteiger partial charge in [0.2, 0.25) is 0 Å². The van der Waals surface area contributed by atoms with Crippen molar-refractivity contribution < 1.29 is 9.53 Å². The number of fused-ring (bicyclic) bond motifs is 1. The summed E-state index contributed by atoms with van der Waals surface area (Å²) < 4.78 is 6.14. The topological polar surface area (TPSA) is 63.6 Å². The van der Waals surface area contributed by atoms with E-state index in [9.17, 15) is 4.79 Å². The number of amides is 1. The highest BCUT2D eigenvalue weighted by atomic mass is 16.5.